The Balaban J connectivity index is 0.000000686. The molecule has 0 amide bonds. The third kappa shape index (κ3) is 2.88. The van der Waals surface area contributed by atoms with E-state index in [4.69, 9.17) is 0 Å². The Morgan fingerprint density at radius 1 is 0.882 bits per heavy atom. The fraction of sp³-hybridized carbons (Fsp3) is 0.412. The topological polar surface area (TPSA) is 0 Å². The van der Waals surface area contributed by atoms with E-state index in [0.29, 0.717) is 5.92 Å². The fourth-order valence-electron chi connectivity index (χ4n) is 2.20. The molecule has 2 aromatic rings. The molecule has 0 saturated heterocycles. The zero-order valence-electron chi connectivity index (χ0n) is 11.7. The Morgan fingerprint density at radius 2 is 1.47 bits per heavy atom. The molecule has 2 rings (SSSR count). The maximum atomic E-state index is 2.28. The maximum Gasteiger partial charge on any atom is -0.0147 e. The Morgan fingerprint density at radius 3 is 2.00 bits per heavy atom. The van der Waals surface area contributed by atoms with Gasteiger partial charge in [0.15, 0.2) is 0 Å². The largest absolute Gasteiger partial charge is 0.0683 e. The molecule has 0 fully saturated rings. The second-order valence-corrected chi connectivity index (χ2v) is 4.37. The van der Waals surface area contributed by atoms with Crippen molar-refractivity contribution in [2.75, 3.05) is 0 Å². The molecule has 0 radical (unpaired) electrons. The van der Waals surface area contributed by atoms with Crippen LogP contribution in [0.4, 0.5) is 0 Å². The van der Waals surface area contributed by atoms with Crippen LogP contribution in [0.5, 0.6) is 0 Å². The summed E-state index contributed by atoms with van der Waals surface area (Å²) in [4.78, 5) is 0. The van der Waals surface area contributed by atoms with Crippen molar-refractivity contribution in [3.05, 3.63) is 47.5 Å². The molecule has 2 aromatic carbocycles. The standard InChI is InChI=1S/C15H18.C2H6/c1-4-12-9-10-13(11(2)3)15-8-6-5-7-14(12)15;1-2/h5-11H,4H2,1-3H3;1-2H3. The quantitative estimate of drug-likeness (QED) is 0.632. The van der Waals surface area contributed by atoms with Crippen LogP contribution < -0.4 is 0 Å². The lowest BCUT2D eigenvalue weighted by atomic mass is 9.92. The maximum absolute atomic E-state index is 2.28. The van der Waals surface area contributed by atoms with Crippen LogP contribution in [0.25, 0.3) is 10.8 Å². The van der Waals surface area contributed by atoms with Crippen molar-refractivity contribution in [1.82, 2.24) is 0 Å². The van der Waals surface area contributed by atoms with E-state index in [1.54, 1.807) is 0 Å². The minimum Gasteiger partial charge on any atom is -0.0683 e. The van der Waals surface area contributed by atoms with Crippen LogP contribution >= 0.6 is 0 Å². The Hall–Kier alpha value is -1.30. The van der Waals surface area contributed by atoms with Gasteiger partial charge in [0, 0.05) is 0 Å². The van der Waals surface area contributed by atoms with Gasteiger partial charge in [-0.1, -0.05) is 71.0 Å². The van der Waals surface area contributed by atoms with Crippen LogP contribution in [0.3, 0.4) is 0 Å². The van der Waals surface area contributed by atoms with E-state index in [2.05, 4.69) is 57.2 Å². The van der Waals surface area contributed by atoms with Crippen LogP contribution in [-0.2, 0) is 6.42 Å². The molecule has 0 aliphatic heterocycles. The summed E-state index contributed by atoms with van der Waals surface area (Å²) in [5.74, 6) is 0.598. The van der Waals surface area contributed by atoms with Crippen molar-refractivity contribution in [2.45, 2.75) is 47.0 Å². The van der Waals surface area contributed by atoms with Crippen LogP contribution in [-0.4, -0.2) is 0 Å². The highest BCUT2D eigenvalue weighted by Crippen LogP contribution is 2.28. The molecule has 0 N–H and O–H groups in total. The van der Waals surface area contributed by atoms with Crippen molar-refractivity contribution >= 4 is 10.8 Å². The van der Waals surface area contributed by atoms with E-state index in [0.717, 1.165) is 6.42 Å². The molecule has 0 bridgehead atoms. The van der Waals surface area contributed by atoms with Crippen LogP contribution in [0.2, 0.25) is 0 Å². The number of benzene rings is 2. The summed E-state index contributed by atoms with van der Waals surface area (Å²) >= 11 is 0. The van der Waals surface area contributed by atoms with E-state index in [9.17, 15) is 0 Å². The third-order valence-corrected chi connectivity index (χ3v) is 3.05. The summed E-state index contributed by atoms with van der Waals surface area (Å²) < 4.78 is 0. The van der Waals surface area contributed by atoms with Crippen LogP contribution in [0, 0.1) is 0 Å². The lowest BCUT2D eigenvalue weighted by Crippen LogP contribution is -1.92. The van der Waals surface area contributed by atoms with Gasteiger partial charge in [-0.2, -0.15) is 0 Å². The molecule has 0 aromatic heterocycles. The smallest absolute Gasteiger partial charge is 0.0147 e. The zero-order chi connectivity index (χ0) is 12.8. The fourth-order valence-corrected chi connectivity index (χ4v) is 2.20. The molecule has 0 spiro atoms. The van der Waals surface area contributed by atoms with Crippen LogP contribution in [0.15, 0.2) is 36.4 Å². The minimum absolute atomic E-state index is 0.598. The van der Waals surface area contributed by atoms with Gasteiger partial charge in [0.2, 0.25) is 0 Å². The van der Waals surface area contributed by atoms with Gasteiger partial charge in [-0.05, 0) is 34.2 Å². The van der Waals surface area contributed by atoms with Gasteiger partial charge in [0.05, 0.1) is 0 Å². The van der Waals surface area contributed by atoms with E-state index in [-0.39, 0.29) is 0 Å². The molecule has 0 unspecified atom stereocenters. The normalized spacial score (nSPS) is 10.2. The van der Waals surface area contributed by atoms with E-state index >= 15 is 0 Å². The predicted molar refractivity (Wildman–Crippen MR) is 78.8 cm³/mol. The monoisotopic (exact) mass is 228 g/mol. The molecule has 0 aliphatic carbocycles. The number of rotatable bonds is 2. The second kappa shape index (κ2) is 6.44. The van der Waals surface area contributed by atoms with Gasteiger partial charge in [0.25, 0.3) is 0 Å². The summed E-state index contributed by atoms with van der Waals surface area (Å²) in [6.45, 7) is 10.7. The molecular weight excluding hydrogens is 204 g/mol. The molecule has 0 aliphatic rings. The van der Waals surface area contributed by atoms with Gasteiger partial charge in [-0.15, -0.1) is 0 Å². The van der Waals surface area contributed by atoms with Gasteiger partial charge < -0.3 is 0 Å². The summed E-state index contributed by atoms with van der Waals surface area (Å²) in [6.07, 6.45) is 1.11. The highest BCUT2D eigenvalue weighted by molar-refractivity contribution is 5.89. The number of aryl methyl sites for hydroxylation is 1. The molecule has 17 heavy (non-hydrogen) atoms. The average Bonchev–Trinajstić information content (AvgIpc) is 2.39. The third-order valence-electron chi connectivity index (χ3n) is 3.05. The number of hydrogen-bond acceptors (Lipinski definition) is 0. The molecule has 92 valence electrons. The molecule has 0 heteroatoms. The van der Waals surface area contributed by atoms with Crippen molar-refractivity contribution in [3.8, 4) is 0 Å². The van der Waals surface area contributed by atoms with E-state index in [1.807, 2.05) is 13.8 Å². The SMILES string of the molecule is CC.CCc1ccc(C(C)C)c2ccccc12. The number of hydrogen-bond donors (Lipinski definition) is 0. The van der Waals surface area contributed by atoms with Crippen molar-refractivity contribution in [3.63, 3.8) is 0 Å². The highest BCUT2D eigenvalue weighted by Gasteiger charge is 2.06. The van der Waals surface area contributed by atoms with E-state index < -0.39 is 0 Å². The molecular formula is C17H24. The molecule has 0 atom stereocenters. The average molecular weight is 228 g/mol. The lowest BCUT2D eigenvalue weighted by molar-refractivity contribution is 0.875. The van der Waals surface area contributed by atoms with Crippen molar-refractivity contribution < 1.29 is 0 Å². The first-order valence-corrected chi connectivity index (χ1v) is 6.74. The van der Waals surface area contributed by atoms with Gasteiger partial charge in [0.1, 0.15) is 0 Å². The van der Waals surface area contributed by atoms with Gasteiger partial charge in [-0.25, -0.2) is 0 Å². The Kier molecular flexibility index (Phi) is 5.21. The lowest BCUT2D eigenvalue weighted by Gasteiger charge is -2.12. The summed E-state index contributed by atoms with van der Waals surface area (Å²) in [6, 6.07) is 13.3. The van der Waals surface area contributed by atoms with Crippen molar-refractivity contribution in [1.29, 1.82) is 0 Å². The first-order valence-electron chi connectivity index (χ1n) is 6.74. The Bertz CT molecular complexity index is 466. The van der Waals surface area contributed by atoms with Gasteiger partial charge >= 0.3 is 0 Å². The summed E-state index contributed by atoms with van der Waals surface area (Å²) in [5, 5.41) is 2.85. The first-order chi connectivity index (χ1) is 8.24. The molecule has 0 heterocycles. The van der Waals surface area contributed by atoms with Gasteiger partial charge in [-0.3, -0.25) is 0 Å². The highest BCUT2D eigenvalue weighted by atomic mass is 14.1. The second-order valence-electron chi connectivity index (χ2n) is 4.37. The zero-order valence-corrected chi connectivity index (χ0v) is 11.7. The molecule has 0 nitrogen and oxygen atoms in total. The predicted octanol–water partition coefficient (Wildman–Crippen LogP) is 5.55. The first kappa shape index (κ1) is 13.8. The number of fused-ring (bicyclic) bond motifs is 1. The van der Waals surface area contributed by atoms with Crippen LogP contribution in [0.1, 0.15) is 51.7 Å². The molecule has 0 saturated carbocycles. The summed E-state index contributed by atoms with van der Waals surface area (Å²) in [5.41, 5.74) is 2.91. The van der Waals surface area contributed by atoms with E-state index in [1.165, 1.54) is 21.9 Å². The Labute approximate surface area is 106 Å². The van der Waals surface area contributed by atoms with Crippen molar-refractivity contribution in [2.24, 2.45) is 0 Å². The summed E-state index contributed by atoms with van der Waals surface area (Å²) in [7, 11) is 0. The minimum atomic E-state index is 0.598.